The van der Waals surface area contributed by atoms with Crippen LogP contribution >= 0.6 is 0 Å². The zero-order valence-electron chi connectivity index (χ0n) is 10.9. The highest BCUT2D eigenvalue weighted by atomic mass is 14.7. The predicted molar refractivity (Wildman–Crippen MR) is 72.5 cm³/mol. The van der Waals surface area contributed by atoms with E-state index in [-0.39, 0.29) is 5.54 Å². The normalized spacial score (nSPS) is 12.3. The van der Waals surface area contributed by atoms with Gasteiger partial charge in [-0.25, -0.2) is 0 Å². The molecule has 0 bridgehead atoms. The van der Waals surface area contributed by atoms with E-state index in [2.05, 4.69) is 58.0 Å². The van der Waals surface area contributed by atoms with Crippen molar-refractivity contribution in [2.75, 3.05) is 0 Å². The number of benzene rings is 1. The van der Waals surface area contributed by atoms with Crippen LogP contribution in [-0.4, -0.2) is 5.54 Å². The molecule has 1 heteroatoms. The monoisotopic (exact) mass is 217 g/mol. The highest BCUT2D eigenvalue weighted by Crippen LogP contribution is 2.14. The van der Waals surface area contributed by atoms with Crippen LogP contribution in [0.4, 0.5) is 0 Å². The Morgan fingerprint density at radius 3 is 2.50 bits per heavy atom. The summed E-state index contributed by atoms with van der Waals surface area (Å²) in [6.07, 6.45) is 6.47. The van der Waals surface area contributed by atoms with Crippen LogP contribution in [0, 0.1) is 13.8 Å². The van der Waals surface area contributed by atoms with Gasteiger partial charge in [0.05, 0.1) is 0 Å². The first-order chi connectivity index (χ1) is 7.38. The van der Waals surface area contributed by atoms with Crippen LogP contribution < -0.4 is 5.73 Å². The molecule has 1 nitrogen and oxygen atoms in total. The van der Waals surface area contributed by atoms with Crippen LogP contribution in [0.1, 0.15) is 43.4 Å². The Hall–Kier alpha value is -1.08. The lowest BCUT2D eigenvalue weighted by Crippen LogP contribution is -2.31. The molecule has 0 aliphatic heterocycles. The quantitative estimate of drug-likeness (QED) is 0.815. The number of aryl methyl sites for hydroxylation is 2. The summed E-state index contributed by atoms with van der Waals surface area (Å²) < 4.78 is 0. The fourth-order valence-electron chi connectivity index (χ4n) is 1.68. The third-order valence-corrected chi connectivity index (χ3v) is 2.68. The molecule has 1 rings (SSSR count). The van der Waals surface area contributed by atoms with Crippen molar-refractivity contribution < 1.29 is 0 Å². The van der Waals surface area contributed by atoms with Gasteiger partial charge in [0.1, 0.15) is 0 Å². The second-order valence-electron chi connectivity index (χ2n) is 5.29. The molecule has 0 fully saturated rings. The molecule has 0 atom stereocenters. The average molecular weight is 217 g/mol. The molecular formula is C15H23N. The zero-order chi connectivity index (χ0) is 12.2. The second kappa shape index (κ2) is 5.31. The van der Waals surface area contributed by atoms with Crippen LogP contribution in [0.5, 0.6) is 0 Å². The molecule has 1 aromatic carbocycles. The summed E-state index contributed by atoms with van der Waals surface area (Å²) in [4.78, 5) is 0. The molecule has 0 aliphatic carbocycles. The SMILES string of the molecule is Cc1ccc(/C=C/CCC(C)(C)N)c(C)c1. The van der Waals surface area contributed by atoms with Crippen LogP contribution in [0.15, 0.2) is 24.3 Å². The van der Waals surface area contributed by atoms with E-state index in [4.69, 9.17) is 5.73 Å². The largest absolute Gasteiger partial charge is 0.326 e. The van der Waals surface area contributed by atoms with Crippen LogP contribution in [0.3, 0.4) is 0 Å². The molecule has 16 heavy (non-hydrogen) atoms. The van der Waals surface area contributed by atoms with Crippen molar-refractivity contribution in [1.29, 1.82) is 0 Å². The minimum Gasteiger partial charge on any atom is -0.326 e. The first-order valence-electron chi connectivity index (χ1n) is 5.91. The van der Waals surface area contributed by atoms with Gasteiger partial charge in [-0.1, -0.05) is 35.9 Å². The van der Waals surface area contributed by atoms with Crippen molar-refractivity contribution in [3.05, 3.63) is 41.0 Å². The maximum absolute atomic E-state index is 5.93. The maximum atomic E-state index is 5.93. The fraction of sp³-hybridized carbons (Fsp3) is 0.467. The van der Waals surface area contributed by atoms with E-state index in [9.17, 15) is 0 Å². The summed E-state index contributed by atoms with van der Waals surface area (Å²) in [6, 6.07) is 6.54. The van der Waals surface area contributed by atoms with Gasteiger partial charge in [0.2, 0.25) is 0 Å². The fourth-order valence-corrected chi connectivity index (χ4v) is 1.68. The number of rotatable bonds is 4. The summed E-state index contributed by atoms with van der Waals surface area (Å²) >= 11 is 0. The van der Waals surface area contributed by atoms with Gasteiger partial charge in [-0.05, 0) is 51.7 Å². The molecule has 0 radical (unpaired) electrons. The van der Waals surface area contributed by atoms with Gasteiger partial charge in [-0.2, -0.15) is 0 Å². The Bertz CT molecular complexity index is 370. The van der Waals surface area contributed by atoms with E-state index >= 15 is 0 Å². The molecule has 0 heterocycles. The summed E-state index contributed by atoms with van der Waals surface area (Å²) in [5, 5.41) is 0. The first-order valence-corrected chi connectivity index (χ1v) is 5.91. The first kappa shape index (κ1) is 13.0. The van der Waals surface area contributed by atoms with Crippen molar-refractivity contribution in [3.8, 4) is 0 Å². The molecule has 0 unspecified atom stereocenters. The molecule has 0 amide bonds. The Morgan fingerprint density at radius 1 is 1.25 bits per heavy atom. The Labute approximate surface area is 99.4 Å². The Balaban J connectivity index is 2.57. The highest BCUT2D eigenvalue weighted by Gasteiger charge is 2.07. The van der Waals surface area contributed by atoms with Gasteiger partial charge >= 0.3 is 0 Å². The third-order valence-electron chi connectivity index (χ3n) is 2.68. The minimum atomic E-state index is -0.0628. The van der Waals surface area contributed by atoms with Crippen LogP contribution in [-0.2, 0) is 0 Å². The molecule has 2 N–H and O–H groups in total. The van der Waals surface area contributed by atoms with Gasteiger partial charge in [-0.15, -0.1) is 0 Å². The number of allylic oxidation sites excluding steroid dienone is 1. The lowest BCUT2D eigenvalue weighted by atomic mass is 9.99. The average Bonchev–Trinajstić information content (AvgIpc) is 2.13. The van der Waals surface area contributed by atoms with E-state index in [1.165, 1.54) is 16.7 Å². The molecule has 0 aliphatic rings. The molecule has 0 aromatic heterocycles. The standard InChI is InChI=1S/C15H23N/c1-12-8-9-14(13(2)11-12)7-5-6-10-15(3,4)16/h5,7-9,11H,6,10,16H2,1-4H3/b7-5+. The van der Waals surface area contributed by atoms with Gasteiger partial charge in [-0.3, -0.25) is 0 Å². The summed E-state index contributed by atoms with van der Waals surface area (Å²) in [6.45, 7) is 8.41. The van der Waals surface area contributed by atoms with Crippen molar-refractivity contribution in [2.24, 2.45) is 5.73 Å². The zero-order valence-corrected chi connectivity index (χ0v) is 10.9. The Kier molecular flexibility index (Phi) is 4.31. The molecular weight excluding hydrogens is 194 g/mol. The molecule has 1 aromatic rings. The topological polar surface area (TPSA) is 26.0 Å². The van der Waals surface area contributed by atoms with Crippen molar-refractivity contribution in [2.45, 2.75) is 46.1 Å². The van der Waals surface area contributed by atoms with Gasteiger partial charge < -0.3 is 5.73 Å². The van der Waals surface area contributed by atoms with E-state index in [0.29, 0.717) is 0 Å². The van der Waals surface area contributed by atoms with Crippen LogP contribution in [0.2, 0.25) is 0 Å². The summed E-state index contributed by atoms with van der Waals surface area (Å²) in [7, 11) is 0. The maximum Gasteiger partial charge on any atom is 0.01000 e. The summed E-state index contributed by atoms with van der Waals surface area (Å²) in [5.74, 6) is 0. The van der Waals surface area contributed by atoms with E-state index in [0.717, 1.165) is 12.8 Å². The van der Waals surface area contributed by atoms with Gasteiger partial charge in [0, 0.05) is 5.54 Å². The van der Waals surface area contributed by atoms with E-state index in [1.807, 2.05) is 0 Å². The Morgan fingerprint density at radius 2 is 1.94 bits per heavy atom. The number of nitrogens with two attached hydrogens (primary N) is 1. The number of hydrogen-bond acceptors (Lipinski definition) is 1. The van der Waals surface area contributed by atoms with Crippen LogP contribution in [0.25, 0.3) is 6.08 Å². The van der Waals surface area contributed by atoms with Crippen molar-refractivity contribution >= 4 is 6.08 Å². The smallest absolute Gasteiger partial charge is 0.01000 e. The minimum absolute atomic E-state index is 0.0628. The lowest BCUT2D eigenvalue weighted by Gasteiger charge is -2.16. The molecule has 0 spiro atoms. The summed E-state index contributed by atoms with van der Waals surface area (Å²) in [5.41, 5.74) is 9.83. The van der Waals surface area contributed by atoms with Gasteiger partial charge in [0.25, 0.3) is 0 Å². The van der Waals surface area contributed by atoms with Gasteiger partial charge in [0.15, 0.2) is 0 Å². The van der Waals surface area contributed by atoms with E-state index < -0.39 is 0 Å². The molecule has 0 saturated carbocycles. The van der Waals surface area contributed by atoms with Crippen molar-refractivity contribution in [3.63, 3.8) is 0 Å². The predicted octanol–water partition coefficient (Wildman–Crippen LogP) is 3.83. The molecule has 88 valence electrons. The second-order valence-corrected chi connectivity index (χ2v) is 5.29. The third kappa shape index (κ3) is 4.63. The highest BCUT2D eigenvalue weighted by molar-refractivity contribution is 5.54. The number of hydrogen-bond donors (Lipinski definition) is 1. The lowest BCUT2D eigenvalue weighted by molar-refractivity contribution is 0.482. The molecule has 0 saturated heterocycles. The van der Waals surface area contributed by atoms with E-state index in [1.54, 1.807) is 0 Å². The van der Waals surface area contributed by atoms with Crippen molar-refractivity contribution in [1.82, 2.24) is 0 Å².